The Bertz CT molecular complexity index is 1310. The Morgan fingerprint density at radius 2 is 1.42 bits per heavy atom. The molecule has 0 bridgehead atoms. The van der Waals surface area contributed by atoms with Crippen molar-refractivity contribution in [3.8, 4) is 28.7 Å². The fraction of sp³-hybridized carbons (Fsp3) is 0.0714. The molecule has 0 aliphatic heterocycles. The molecule has 0 aliphatic rings. The van der Waals surface area contributed by atoms with Gasteiger partial charge in [0.05, 0.1) is 5.56 Å². The fourth-order valence-corrected chi connectivity index (χ4v) is 3.44. The van der Waals surface area contributed by atoms with Crippen LogP contribution in [-0.2, 0) is 0 Å². The molecule has 5 nitrogen and oxygen atoms in total. The van der Waals surface area contributed by atoms with E-state index in [2.05, 4.69) is 30.8 Å². The molecule has 5 heteroatoms. The van der Waals surface area contributed by atoms with Gasteiger partial charge >= 0.3 is 0 Å². The number of allylic oxidation sites excluding steroid dienone is 8. The van der Waals surface area contributed by atoms with Gasteiger partial charge in [0, 0.05) is 0 Å². The van der Waals surface area contributed by atoms with Gasteiger partial charge in [-0.25, -0.2) is 0 Å². The van der Waals surface area contributed by atoms with Crippen LogP contribution >= 0.6 is 0 Å². The summed E-state index contributed by atoms with van der Waals surface area (Å²) in [6, 6.07) is 14.3. The van der Waals surface area contributed by atoms with Gasteiger partial charge in [0.25, 0.3) is 0 Å². The maximum atomic E-state index is 10.2. The summed E-state index contributed by atoms with van der Waals surface area (Å²) >= 11 is 0. The van der Waals surface area contributed by atoms with Crippen molar-refractivity contribution in [2.24, 2.45) is 0 Å². The van der Waals surface area contributed by atoms with E-state index in [9.17, 15) is 25.5 Å². The topological polar surface area (TPSA) is 101 Å². The minimum absolute atomic E-state index is 0.201. The second-order valence-corrected chi connectivity index (χ2v) is 7.56. The van der Waals surface area contributed by atoms with Crippen LogP contribution < -0.4 is 0 Å². The van der Waals surface area contributed by atoms with Crippen molar-refractivity contribution in [1.29, 1.82) is 0 Å². The van der Waals surface area contributed by atoms with Crippen LogP contribution in [-0.4, -0.2) is 25.5 Å². The van der Waals surface area contributed by atoms with Crippen LogP contribution in [0.15, 0.2) is 90.6 Å². The molecule has 0 saturated carbocycles. The molecule has 3 aromatic rings. The highest BCUT2D eigenvalue weighted by molar-refractivity contribution is 5.85. The first-order chi connectivity index (χ1) is 15.7. The summed E-state index contributed by atoms with van der Waals surface area (Å²) in [6.07, 6.45) is 11.1. The first-order valence-corrected chi connectivity index (χ1v) is 10.3. The van der Waals surface area contributed by atoms with E-state index in [0.29, 0.717) is 11.1 Å². The summed E-state index contributed by atoms with van der Waals surface area (Å²) in [5, 5.41) is 51.9. The zero-order valence-corrected chi connectivity index (χ0v) is 18.4. The SMILES string of the molecule is C=C(/C=C(/C)c1c(O)c(O)c(O)c(O)c1O)C(/C=C/c1ccc2ccccc2c1)=C/C=C\C. The number of hydrogen-bond acceptors (Lipinski definition) is 5. The first kappa shape index (κ1) is 23.3. The van der Waals surface area contributed by atoms with Crippen molar-refractivity contribution >= 4 is 22.4 Å². The Kier molecular flexibility index (Phi) is 6.94. The lowest BCUT2D eigenvalue weighted by Crippen LogP contribution is -1.89. The zero-order chi connectivity index (χ0) is 24.1. The molecule has 0 atom stereocenters. The van der Waals surface area contributed by atoms with Gasteiger partial charge in [0.2, 0.25) is 17.2 Å². The Labute approximate surface area is 192 Å². The third-order valence-corrected chi connectivity index (χ3v) is 5.22. The van der Waals surface area contributed by atoms with E-state index in [4.69, 9.17) is 0 Å². The normalized spacial score (nSPS) is 12.8. The summed E-state index contributed by atoms with van der Waals surface area (Å²) in [5.41, 5.74) is 2.47. The van der Waals surface area contributed by atoms with E-state index in [-0.39, 0.29) is 5.56 Å². The van der Waals surface area contributed by atoms with Crippen LogP contribution in [0.4, 0.5) is 0 Å². The molecule has 168 valence electrons. The van der Waals surface area contributed by atoms with E-state index >= 15 is 0 Å². The van der Waals surface area contributed by atoms with Gasteiger partial charge in [-0.2, -0.15) is 0 Å². The van der Waals surface area contributed by atoms with Crippen molar-refractivity contribution in [1.82, 2.24) is 0 Å². The Balaban J connectivity index is 1.97. The largest absolute Gasteiger partial charge is 0.504 e. The van der Waals surface area contributed by atoms with Crippen molar-refractivity contribution < 1.29 is 25.5 Å². The van der Waals surface area contributed by atoms with Crippen LogP contribution in [0.3, 0.4) is 0 Å². The zero-order valence-electron chi connectivity index (χ0n) is 18.4. The summed E-state index contributed by atoms with van der Waals surface area (Å²) in [6.45, 7) is 7.56. The van der Waals surface area contributed by atoms with Crippen molar-refractivity contribution in [2.45, 2.75) is 13.8 Å². The van der Waals surface area contributed by atoms with Gasteiger partial charge in [0.15, 0.2) is 11.5 Å². The van der Waals surface area contributed by atoms with Gasteiger partial charge < -0.3 is 25.5 Å². The molecule has 0 aliphatic carbocycles. The highest BCUT2D eigenvalue weighted by Crippen LogP contribution is 2.52. The number of benzene rings is 3. The number of phenolic OH excluding ortho intramolecular Hbond substituents is 5. The molecule has 0 aromatic heterocycles. The molecule has 3 rings (SSSR count). The molecule has 0 heterocycles. The monoisotopic (exact) mass is 442 g/mol. The average Bonchev–Trinajstić information content (AvgIpc) is 2.81. The van der Waals surface area contributed by atoms with E-state index in [1.165, 1.54) is 0 Å². The van der Waals surface area contributed by atoms with E-state index in [1.807, 2.05) is 55.5 Å². The molecule has 0 spiro atoms. The van der Waals surface area contributed by atoms with Crippen molar-refractivity contribution in [3.05, 3.63) is 102 Å². The maximum absolute atomic E-state index is 10.2. The molecular weight excluding hydrogens is 416 g/mol. The number of aromatic hydroxyl groups is 5. The summed E-state index contributed by atoms with van der Waals surface area (Å²) in [5.74, 6) is -4.31. The second-order valence-electron chi connectivity index (χ2n) is 7.56. The van der Waals surface area contributed by atoms with Crippen LogP contribution in [0, 0.1) is 0 Å². The molecule has 0 radical (unpaired) electrons. The highest BCUT2D eigenvalue weighted by atomic mass is 16.4. The van der Waals surface area contributed by atoms with Gasteiger partial charge in [-0.15, -0.1) is 0 Å². The van der Waals surface area contributed by atoms with Crippen LogP contribution in [0.5, 0.6) is 28.7 Å². The minimum Gasteiger partial charge on any atom is -0.504 e. The molecule has 0 saturated heterocycles. The number of rotatable bonds is 6. The van der Waals surface area contributed by atoms with Gasteiger partial charge in [-0.3, -0.25) is 0 Å². The fourth-order valence-electron chi connectivity index (χ4n) is 3.44. The van der Waals surface area contributed by atoms with E-state index in [1.54, 1.807) is 13.0 Å². The molecule has 5 N–H and O–H groups in total. The Hall–Kier alpha value is -4.38. The predicted octanol–water partition coefficient (Wildman–Crippen LogP) is 6.54. The van der Waals surface area contributed by atoms with Gasteiger partial charge in [0.1, 0.15) is 0 Å². The minimum atomic E-state index is -0.993. The summed E-state index contributed by atoms with van der Waals surface area (Å²) in [7, 11) is 0. The summed E-state index contributed by atoms with van der Waals surface area (Å²) in [4.78, 5) is 0. The van der Waals surface area contributed by atoms with E-state index < -0.39 is 28.7 Å². The molecule has 33 heavy (non-hydrogen) atoms. The third-order valence-electron chi connectivity index (χ3n) is 5.22. The quantitative estimate of drug-likeness (QED) is 0.169. The number of hydrogen-bond donors (Lipinski definition) is 5. The first-order valence-electron chi connectivity index (χ1n) is 10.3. The molecule has 0 fully saturated rings. The van der Waals surface area contributed by atoms with Crippen LogP contribution in [0.25, 0.3) is 22.4 Å². The third kappa shape index (κ3) is 4.93. The van der Waals surface area contributed by atoms with Crippen molar-refractivity contribution in [3.63, 3.8) is 0 Å². The predicted molar refractivity (Wildman–Crippen MR) is 133 cm³/mol. The van der Waals surface area contributed by atoms with Crippen LogP contribution in [0.2, 0.25) is 0 Å². The lowest BCUT2D eigenvalue weighted by molar-refractivity contribution is 0.327. The van der Waals surface area contributed by atoms with Gasteiger partial charge in [-0.05, 0) is 53.0 Å². The maximum Gasteiger partial charge on any atom is 0.208 e. The average molecular weight is 443 g/mol. The Morgan fingerprint density at radius 1 is 0.818 bits per heavy atom. The van der Waals surface area contributed by atoms with Crippen molar-refractivity contribution in [2.75, 3.05) is 0 Å². The van der Waals surface area contributed by atoms with Crippen LogP contribution in [0.1, 0.15) is 25.0 Å². The smallest absolute Gasteiger partial charge is 0.208 e. The summed E-state index contributed by atoms with van der Waals surface area (Å²) < 4.78 is 0. The lowest BCUT2D eigenvalue weighted by atomic mass is 9.97. The Morgan fingerprint density at radius 3 is 2.06 bits per heavy atom. The number of fused-ring (bicyclic) bond motifs is 1. The molecule has 0 amide bonds. The highest BCUT2D eigenvalue weighted by Gasteiger charge is 2.24. The molecular formula is C28H26O5. The molecule has 3 aromatic carbocycles. The molecule has 0 unspecified atom stereocenters. The standard InChI is InChI=1S/C28H26O5/c1-4-5-8-20(13-11-19-12-14-21-9-6-7-10-22(21)16-19)17(2)15-18(3)23-24(29)26(31)28(33)27(32)25(23)30/h4-16,29-33H,2H2,1,3H3/b5-4-,13-11+,18-15-,20-8+. The second kappa shape index (κ2) is 9.83. The van der Waals surface area contributed by atoms with Gasteiger partial charge in [-0.1, -0.05) is 79.4 Å². The van der Waals surface area contributed by atoms with E-state index in [0.717, 1.165) is 21.9 Å². The number of phenols is 5. The lowest BCUT2D eigenvalue weighted by Gasteiger charge is -2.13.